The molecule has 0 bridgehead atoms. The number of aliphatic hydroxyl groups is 1. The molecule has 31 heavy (non-hydrogen) atoms. The average Bonchev–Trinajstić information content (AvgIpc) is 3.02. The second-order valence-corrected chi connectivity index (χ2v) is 8.37. The molecule has 3 aliphatic rings. The van der Waals surface area contributed by atoms with Crippen molar-refractivity contribution in [2.45, 2.75) is 62.5 Å². The number of anilines is 1. The van der Waals surface area contributed by atoms with Crippen LogP contribution in [0.15, 0.2) is 18.2 Å². The van der Waals surface area contributed by atoms with Gasteiger partial charge in [-0.3, -0.25) is 9.59 Å². The number of ether oxygens (including phenoxy) is 2. The molecule has 2 aliphatic heterocycles. The summed E-state index contributed by atoms with van der Waals surface area (Å²) in [4.78, 5) is 24.2. The Morgan fingerprint density at radius 3 is 2.65 bits per heavy atom. The van der Waals surface area contributed by atoms with E-state index >= 15 is 0 Å². The number of carbonyl (C=O) groups is 2. The molecule has 3 N–H and O–H groups in total. The Bertz CT molecular complexity index is 843. The van der Waals surface area contributed by atoms with Gasteiger partial charge >= 0.3 is 6.18 Å². The lowest BCUT2D eigenvalue weighted by Crippen LogP contribution is -2.47. The van der Waals surface area contributed by atoms with Crippen molar-refractivity contribution in [1.82, 2.24) is 5.32 Å². The highest BCUT2D eigenvalue weighted by Crippen LogP contribution is 2.47. The van der Waals surface area contributed by atoms with Crippen LogP contribution in [0.3, 0.4) is 0 Å². The highest BCUT2D eigenvalue weighted by Gasteiger charge is 2.46. The largest absolute Gasteiger partial charge is 0.487 e. The molecule has 7 nitrogen and oxygen atoms in total. The molecule has 4 rings (SSSR count). The lowest BCUT2D eigenvalue weighted by Gasteiger charge is -2.37. The van der Waals surface area contributed by atoms with E-state index in [2.05, 4.69) is 5.32 Å². The van der Waals surface area contributed by atoms with Gasteiger partial charge in [-0.1, -0.05) is 6.42 Å². The van der Waals surface area contributed by atoms with Gasteiger partial charge in [0, 0.05) is 23.1 Å². The number of alkyl halides is 3. The van der Waals surface area contributed by atoms with Crippen molar-refractivity contribution < 1.29 is 37.3 Å². The number of nitrogens with one attached hydrogen (secondary N) is 2. The lowest BCUT2D eigenvalue weighted by atomic mass is 9.83. The van der Waals surface area contributed by atoms with Gasteiger partial charge in [-0.2, -0.15) is 13.2 Å². The summed E-state index contributed by atoms with van der Waals surface area (Å²) >= 11 is 0. The van der Waals surface area contributed by atoms with Gasteiger partial charge in [0.1, 0.15) is 24.5 Å². The predicted octanol–water partition coefficient (Wildman–Crippen LogP) is 2.49. The van der Waals surface area contributed by atoms with Gasteiger partial charge < -0.3 is 25.2 Å². The first-order valence-electron chi connectivity index (χ1n) is 10.4. The van der Waals surface area contributed by atoms with Crippen LogP contribution >= 0.6 is 0 Å². The second-order valence-electron chi connectivity index (χ2n) is 8.37. The van der Waals surface area contributed by atoms with E-state index in [0.29, 0.717) is 17.9 Å². The number of amides is 2. The van der Waals surface area contributed by atoms with Crippen molar-refractivity contribution >= 4 is 17.5 Å². The Morgan fingerprint density at radius 2 is 2.00 bits per heavy atom. The first kappa shape index (κ1) is 21.9. The maximum atomic E-state index is 12.3. The van der Waals surface area contributed by atoms with Gasteiger partial charge in [0.15, 0.2) is 0 Å². The van der Waals surface area contributed by atoms with Gasteiger partial charge in [-0.15, -0.1) is 0 Å². The van der Waals surface area contributed by atoms with Crippen LogP contribution in [0.5, 0.6) is 5.75 Å². The summed E-state index contributed by atoms with van der Waals surface area (Å²) in [6.07, 6.45) is -3.38. The summed E-state index contributed by atoms with van der Waals surface area (Å²) in [5.41, 5.74) is 1.48. The molecule has 0 radical (unpaired) electrons. The maximum absolute atomic E-state index is 12.3. The summed E-state index contributed by atoms with van der Waals surface area (Å²) < 4.78 is 48.7. The summed E-state index contributed by atoms with van der Waals surface area (Å²) in [6.45, 7) is -1.74. The molecule has 1 aromatic carbocycles. The van der Waals surface area contributed by atoms with E-state index in [1.807, 2.05) is 11.4 Å². The van der Waals surface area contributed by atoms with E-state index in [1.54, 1.807) is 12.1 Å². The molecule has 10 heteroatoms. The van der Waals surface area contributed by atoms with E-state index in [4.69, 9.17) is 9.47 Å². The van der Waals surface area contributed by atoms with E-state index in [1.165, 1.54) is 0 Å². The van der Waals surface area contributed by atoms with Crippen LogP contribution < -0.4 is 15.4 Å². The summed E-state index contributed by atoms with van der Waals surface area (Å²) in [5.74, 6) is -0.333. The van der Waals surface area contributed by atoms with E-state index in [9.17, 15) is 27.9 Å². The SMILES string of the molecule is O=C(C[C@H]1C[C@@H]2c3cc(NC(=O)C4CCC4)ccc3O[C@@H]2[C@@H](CO)O1)NCC(F)(F)F. The quantitative estimate of drug-likeness (QED) is 0.629. The van der Waals surface area contributed by atoms with Crippen LogP contribution in [0.25, 0.3) is 0 Å². The van der Waals surface area contributed by atoms with Gasteiger partial charge in [0.05, 0.1) is 19.1 Å². The fourth-order valence-electron chi connectivity index (χ4n) is 4.36. The van der Waals surface area contributed by atoms with E-state index in [0.717, 1.165) is 24.8 Å². The number of hydrogen-bond donors (Lipinski definition) is 3. The molecule has 2 fully saturated rings. The maximum Gasteiger partial charge on any atom is 0.405 e. The highest BCUT2D eigenvalue weighted by molar-refractivity contribution is 5.93. The average molecular weight is 442 g/mol. The Labute approximate surface area is 177 Å². The number of aliphatic hydroxyl groups excluding tert-OH is 1. The van der Waals surface area contributed by atoms with Crippen molar-refractivity contribution in [3.05, 3.63) is 23.8 Å². The van der Waals surface area contributed by atoms with E-state index in [-0.39, 0.29) is 30.8 Å². The van der Waals surface area contributed by atoms with Crippen LogP contribution in [0.4, 0.5) is 18.9 Å². The monoisotopic (exact) mass is 442 g/mol. The molecule has 2 heterocycles. The van der Waals surface area contributed by atoms with Crippen molar-refractivity contribution in [1.29, 1.82) is 0 Å². The van der Waals surface area contributed by atoms with Crippen molar-refractivity contribution in [3.63, 3.8) is 0 Å². The predicted molar refractivity (Wildman–Crippen MR) is 104 cm³/mol. The Morgan fingerprint density at radius 1 is 1.23 bits per heavy atom. The second kappa shape index (κ2) is 8.66. The zero-order valence-electron chi connectivity index (χ0n) is 16.8. The Balaban J connectivity index is 1.44. The molecule has 0 spiro atoms. The van der Waals surface area contributed by atoms with Crippen molar-refractivity contribution in [3.8, 4) is 5.75 Å². The number of halogens is 3. The summed E-state index contributed by atoms with van der Waals surface area (Å²) in [7, 11) is 0. The summed E-state index contributed by atoms with van der Waals surface area (Å²) in [6, 6.07) is 5.34. The number of hydrogen-bond acceptors (Lipinski definition) is 5. The van der Waals surface area contributed by atoms with Gasteiger partial charge in [-0.05, 0) is 37.5 Å². The van der Waals surface area contributed by atoms with Crippen LogP contribution in [-0.2, 0) is 14.3 Å². The third-order valence-electron chi connectivity index (χ3n) is 6.14. The highest BCUT2D eigenvalue weighted by atomic mass is 19.4. The number of rotatable bonds is 6. The molecule has 1 aliphatic carbocycles. The van der Waals surface area contributed by atoms with Crippen molar-refractivity contribution in [2.24, 2.45) is 5.92 Å². The molecule has 2 amide bonds. The first-order valence-corrected chi connectivity index (χ1v) is 10.4. The molecule has 1 saturated heterocycles. The molecule has 1 aromatic rings. The molecule has 1 saturated carbocycles. The van der Waals surface area contributed by atoms with Crippen LogP contribution in [0, 0.1) is 5.92 Å². The van der Waals surface area contributed by atoms with Crippen LogP contribution in [0.2, 0.25) is 0 Å². The Kier molecular flexibility index (Phi) is 6.11. The zero-order valence-corrected chi connectivity index (χ0v) is 16.8. The first-order chi connectivity index (χ1) is 14.7. The lowest BCUT2D eigenvalue weighted by molar-refractivity contribution is -0.149. The number of carbonyl (C=O) groups excluding carboxylic acids is 2. The standard InChI is InChI=1S/C21H25F3N2O5/c22-21(23,24)10-25-18(28)8-13-7-15-14-6-12(26-20(29)11-2-1-3-11)4-5-16(14)31-19(15)17(9-27)30-13/h4-6,11,13,15,17,19,27H,1-3,7-10H2,(H,25,28)(H,26,29)/t13-,15-,17-,19+/m1/s1. The molecule has 170 valence electrons. The van der Waals surface area contributed by atoms with Gasteiger partial charge in [0.25, 0.3) is 0 Å². The third-order valence-corrected chi connectivity index (χ3v) is 6.14. The van der Waals surface area contributed by atoms with Gasteiger partial charge in [-0.25, -0.2) is 0 Å². The number of benzene rings is 1. The minimum atomic E-state index is -4.49. The molecule has 0 aromatic heterocycles. The molecular formula is C21H25F3N2O5. The smallest absolute Gasteiger partial charge is 0.405 e. The molecule has 4 atom stereocenters. The molecule has 0 unspecified atom stereocenters. The zero-order chi connectivity index (χ0) is 22.2. The minimum absolute atomic E-state index is 0.0129. The normalized spacial score (nSPS) is 27.5. The fraction of sp³-hybridized carbons (Fsp3) is 0.619. The van der Waals surface area contributed by atoms with Crippen molar-refractivity contribution in [2.75, 3.05) is 18.5 Å². The third kappa shape index (κ3) is 4.95. The van der Waals surface area contributed by atoms with Crippen LogP contribution in [0.1, 0.15) is 43.6 Å². The number of fused-ring (bicyclic) bond motifs is 3. The molecular weight excluding hydrogens is 417 g/mol. The minimum Gasteiger partial charge on any atom is -0.487 e. The van der Waals surface area contributed by atoms with E-state index < -0.39 is 36.9 Å². The summed E-state index contributed by atoms with van der Waals surface area (Å²) in [5, 5.41) is 14.5. The Hall–Kier alpha value is -2.33. The fourth-order valence-corrected chi connectivity index (χ4v) is 4.36. The topological polar surface area (TPSA) is 96.9 Å². The van der Waals surface area contributed by atoms with Crippen LogP contribution in [-0.4, -0.2) is 54.6 Å². The van der Waals surface area contributed by atoms with Gasteiger partial charge in [0.2, 0.25) is 11.8 Å².